The van der Waals surface area contributed by atoms with Crippen molar-refractivity contribution in [3.63, 3.8) is 0 Å². The van der Waals surface area contributed by atoms with Crippen molar-refractivity contribution in [2.24, 2.45) is 0 Å². The number of hydrogen-bond acceptors (Lipinski definition) is 2. The van der Waals surface area contributed by atoms with E-state index in [-0.39, 0.29) is 17.6 Å². The van der Waals surface area contributed by atoms with E-state index in [1.54, 1.807) is 24.3 Å². The smallest absolute Gasteiger partial charge is 0.219 e. The molecular formula is C32H50NO2+. The lowest BCUT2D eigenvalue weighted by Crippen LogP contribution is -2.52. The molecule has 3 nitrogen and oxygen atoms in total. The summed E-state index contributed by atoms with van der Waals surface area (Å²) in [5.41, 5.74) is 1.95. The number of phenolic OH excluding ortho intramolecular Hbond substituents is 1. The average Bonchev–Trinajstić information content (AvgIpc) is 2.84. The van der Waals surface area contributed by atoms with Gasteiger partial charge in [-0.2, -0.15) is 0 Å². The molecule has 0 saturated heterocycles. The minimum Gasteiger partial charge on any atom is -0.508 e. The largest absolute Gasteiger partial charge is 0.508 e. The summed E-state index contributed by atoms with van der Waals surface area (Å²) < 4.78 is 0.641. The molecule has 194 valence electrons. The quantitative estimate of drug-likeness (QED) is 0.124. The molecule has 0 radical (unpaired) electrons. The van der Waals surface area contributed by atoms with Crippen molar-refractivity contribution in [2.75, 3.05) is 14.1 Å². The van der Waals surface area contributed by atoms with Crippen LogP contribution in [0.3, 0.4) is 0 Å². The summed E-state index contributed by atoms with van der Waals surface area (Å²) in [7, 11) is 4.36. The number of rotatable bonds is 19. The van der Waals surface area contributed by atoms with Gasteiger partial charge in [0, 0.05) is 17.5 Å². The Hall–Kier alpha value is -2.13. The van der Waals surface area contributed by atoms with E-state index >= 15 is 0 Å². The highest BCUT2D eigenvalue weighted by molar-refractivity contribution is 5.99. The molecule has 0 bridgehead atoms. The number of quaternary nitrogens is 1. The summed E-state index contributed by atoms with van der Waals surface area (Å²) in [5, 5.41) is 9.65. The molecule has 2 aromatic rings. The summed E-state index contributed by atoms with van der Waals surface area (Å²) in [6, 6.07) is 17.1. The number of phenols is 1. The van der Waals surface area contributed by atoms with Gasteiger partial charge < -0.3 is 9.59 Å². The molecular weight excluding hydrogens is 430 g/mol. The number of nitrogens with zero attached hydrogens (tertiary/aromatic N) is 1. The Morgan fingerprint density at radius 1 is 0.714 bits per heavy atom. The molecule has 1 N–H and O–H groups in total. The summed E-state index contributed by atoms with van der Waals surface area (Å²) in [6.07, 6.45) is 18.2. The molecule has 0 aromatic heterocycles. The molecule has 0 amide bonds. The fourth-order valence-corrected chi connectivity index (χ4v) is 5.14. The van der Waals surface area contributed by atoms with Gasteiger partial charge in [0.25, 0.3) is 0 Å². The normalized spacial score (nSPS) is 12.5. The number of benzene rings is 2. The molecule has 35 heavy (non-hydrogen) atoms. The van der Waals surface area contributed by atoms with Crippen LogP contribution >= 0.6 is 0 Å². The molecule has 0 fully saturated rings. The lowest BCUT2D eigenvalue weighted by atomic mass is 9.95. The number of Topliss-reactive ketones (excluding diaryl/α,β-unsaturated/α-hetero) is 1. The van der Waals surface area contributed by atoms with Crippen molar-refractivity contribution < 1.29 is 14.4 Å². The maximum Gasteiger partial charge on any atom is 0.219 e. The van der Waals surface area contributed by atoms with Gasteiger partial charge in [-0.3, -0.25) is 4.79 Å². The first-order valence-corrected chi connectivity index (χ1v) is 14.1. The topological polar surface area (TPSA) is 37.3 Å². The summed E-state index contributed by atoms with van der Waals surface area (Å²) in [5.74, 6) is 0.387. The van der Waals surface area contributed by atoms with Gasteiger partial charge in [0.2, 0.25) is 5.78 Å². The number of aromatic hydroxyl groups is 1. The molecule has 1 atom stereocenters. The van der Waals surface area contributed by atoms with E-state index in [0.29, 0.717) is 10.0 Å². The summed E-state index contributed by atoms with van der Waals surface area (Å²) >= 11 is 0. The van der Waals surface area contributed by atoms with E-state index in [1.807, 2.05) is 6.07 Å². The van der Waals surface area contributed by atoms with Crippen LogP contribution in [0, 0.1) is 0 Å². The van der Waals surface area contributed by atoms with Gasteiger partial charge in [-0.1, -0.05) is 114 Å². The first-order chi connectivity index (χ1) is 16.9. The lowest BCUT2D eigenvalue weighted by Gasteiger charge is -2.37. The van der Waals surface area contributed by atoms with Crippen LogP contribution in [-0.4, -0.2) is 35.5 Å². The Morgan fingerprint density at radius 3 is 1.71 bits per heavy atom. The van der Waals surface area contributed by atoms with Crippen molar-refractivity contribution in [2.45, 2.75) is 109 Å². The van der Waals surface area contributed by atoms with Crippen LogP contribution in [0.1, 0.15) is 113 Å². The van der Waals surface area contributed by atoms with Crippen molar-refractivity contribution in [3.8, 4) is 5.75 Å². The monoisotopic (exact) mass is 480 g/mol. The highest BCUT2D eigenvalue weighted by atomic mass is 16.3. The molecule has 0 saturated carbocycles. The highest BCUT2D eigenvalue weighted by Gasteiger charge is 2.35. The van der Waals surface area contributed by atoms with Gasteiger partial charge in [-0.15, -0.1) is 0 Å². The molecule has 0 aliphatic rings. The molecule has 2 rings (SSSR count). The Balaban J connectivity index is 1.79. The van der Waals surface area contributed by atoms with Crippen LogP contribution in [-0.2, 0) is 6.54 Å². The van der Waals surface area contributed by atoms with E-state index in [0.717, 1.165) is 19.4 Å². The Kier molecular flexibility index (Phi) is 13.7. The molecule has 0 heterocycles. The second-order valence-corrected chi connectivity index (χ2v) is 10.9. The number of likely N-dealkylation sites (N-methyl/N-ethyl adjacent to an activating group) is 1. The van der Waals surface area contributed by atoms with E-state index in [9.17, 15) is 9.90 Å². The third-order valence-corrected chi connectivity index (χ3v) is 7.31. The van der Waals surface area contributed by atoms with Gasteiger partial charge in [0.15, 0.2) is 6.04 Å². The molecule has 0 aliphatic carbocycles. The number of carbonyl (C=O) groups excluding carboxylic acids is 1. The maximum absolute atomic E-state index is 13.5. The van der Waals surface area contributed by atoms with Crippen LogP contribution in [0.5, 0.6) is 5.75 Å². The van der Waals surface area contributed by atoms with Crippen molar-refractivity contribution >= 4 is 5.78 Å². The standard InChI is InChI=1S/C32H49NO2/c1-4-5-6-7-8-9-10-11-12-13-14-15-19-22-31(32(35)29-23-25-30(34)26-24-29)33(2,3)27-28-20-17-16-18-21-28/h16-18,20-21,23-26,31H,4-15,19,22,27H2,1-3H3/p+1. The fraction of sp³-hybridized carbons (Fsp3) is 0.594. The van der Waals surface area contributed by atoms with E-state index in [4.69, 9.17) is 0 Å². The van der Waals surface area contributed by atoms with E-state index in [2.05, 4.69) is 45.3 Å². The average molecular weight is 481 g/mol. The van der Waals surface area contributed by atoms with Gasteiger partial charge in [-0.25, -0.2) is 0 Å². The van der Waals surface area contributed by atoms with Crippen LogP contribution in [0.4, 0.5) is 0 Å². The van der Waals surface area contributed by atoms with Gasteiger partial charge in [0.05, 0.1) is 14.1 Å². The third-order valence-electron chi connectivity index (χ3n) is 7.31. The lowest BCUT2D eigenvalue weighted by molar-refractivity contribution is -0.918. The molecule has 0 aliphatic heterocycles. The minimum absolute atomic E-state index is 0.0903. The Labute approximate surface area is 215 Å². The van der Waals surface area contributed by atoms with Crippen LogP contribution in [0.25, 0.3) is 0 Å². The van der Waals surface area contributed by atoms with Crippen molar-refractivity contribution in [1.29, 1.82) is 0 Å². The number of unbranched alkanes of at least 4 members (excludes halogenated alkanes) is 12. The van der Waals surface area contributed by atoms with Gasteiger partial charge in [-0.05, 0) is 30.7 Å². The molecule has 3 heteroatoms. The number of ketones is 1. The van der Waals surface area contributed by atoms with Gasteiger partial charge >= 0.3 is 0 Å². The van der Waals surface area contributed by atoms with E-state index in [1.165, 1.54) is 82.6 Å². The molecule has 0 spiro atoms. The number of carbonyl (C=O) groups is 1. The maximum atomic E-state index is 13.5. The van der Waals surface area contributed by atoms with Crippen molar-refractivity contribution in [3.05, 3.63) is 65.7 Å². The van der Waals surface area contributed by atoms with Crippen LogP contribution in [0.2, 0.25) is 0 Å². The fourth-order valence-electron chi connectivity index (χ4n) is 5.14. The zero-order chi connectivity index (χ0) is 25.4. The van der Waals surface area contributed by atoms with Crippen LogP contribution < -0.4 is 0 Å². The second kappa shape index (κ2) is 16.5. The van der Waals surface area contributed by atoms with Crippen molar-refractivity contribution in [1.82, 2.24) is 0 Å². The SMILES string of the molecule is CCCCCCCCCCCCCCCC(C(=O)c1ccc(O)cc1)[N+](C)(C)Cc1ccccc1. The first kappa shape index (κ1) is 29.1. The zero-order valence-electron chi connectivity index (χ0n) is 22.7. The Bertz CT molecular complexity index is 813. The molecule has 1 unspecified atom stereocenters. The summed E-state index contributed by atoms with van der Waals surface area (Å²) in [6.45, 7) is 3.10. The summed E-state index contributed by atoms with van der Waals surface area (Å²) in [4.78, 5) is 13.5. The first-order valence-electron chi connectivity index (χ1n) is 14.1. The van der Waals surface area contributed by atoms with E-state index < -0.39 is 0 Å². The Morgan fingerprint density at radius 2 is 1.20 bits per heavy atom. The zero-order valence-corrected chi connectivity index (χ0v) is 22.7. The van der Waals surface area contributed by atoms with Crippen LogP contribution in [0.15, 0.2) is 54.6 Å². The third kappa shape index (κ3) is 11.4. The molecule has 2 aromatic carbocycles. The highest BCUT2D eigenvalue weighted by Crippen LogP contribution is 2.24. The number of hydrogen-bond donors (Lipinski definition) is 1. The van der Waals surface area contributed by atoms with Gasteiger partial charge in [0.1, 0.15) is 12.3 Å². The second-order valence-electron chi connectivity index (χ2n) is 10.9. The minimum atomic E-state index is -0.0903. The predicted molar refractivity (Wildman–Crippen MR) is 149 cm³/mol. The predicted octanol–water partition coefficient (Wildman–Crippen LogP) is 8.70.